The first-order valence-electron chi connectivity index (χ1n) is 7.87. The van der Waals surface area contributed by atoms with Gasteiger partial charge in [0.05, 0.1) is 12.0 Å². The van der Waals surface area contributed by atoms with Crippen LogP contribution in [0, 0.1) is 5.92 Å². The summed E-state index contributed by atoms with van der Waals surface area (Å²) < 4.78 is 0. The van der Waals surface area contributed by atoms with Crippen LogP contribution in [-0.4, -0.2) is 47.1 Å². The molecular formula is C17H22N2O3. The summed E-state index contributed by atoms with van der Waals surface area (Å²) in [7, 11) is 0. The summed E-state index contributed by atoms with van der Waals surface area (Å²) in [5.74, 6) is -1.04. The van der Waals surface area contributed by atoms with Gasteiger partial charge in [0.25, 0.3) is 0 Å². The lowest BCUT2D eigenvalue weighted by Crippen LogP contribution is -2.48. The predicted molar refractivity (Wildman–Crippen MR) is 83.9 cm³/mol. The minimum Gasteiger partial charge on any atom is -0.481 e. The molecule has 3 atom stereocenters. The van der Waals surface area contributed by atoms with Crippen molar-refractivity contribution in [1.29, 1.82) is 0 Å². The maximum Gasteiger partial charge on any atom is 0.307 e. The zero-order valence-corrected chi connectivity index (χ0v) is 13.0. The van der Waals surface area contributed by atoms with E-state index in [0.29, 0.717) is 19.5 Å². The molecular weight excluding hydrogens is 280 g/mol. The molecule has 2 aliphatic heterocycles. The molecule has 0 radical (unpaired) electrons. The first-order chi connectivity index (χ1) is 10.5. The molecule has 0 bridgehead atoms. The summed E-state index contributed by atoms with van der Waals surface area (Å²) in [5.41, 5.74) is 2.21. The van der Waals surface area contributed by atoms with E-state index in [9.17, 15) is 9.59 Å². The molecule has 1 aromatic carbocycles. The monoisotopic (exact) mass is 302 g/mol. The van der Waals surface area contributed by atoms with Crippen LogP contribution in [0.15, 0.2) is 24.3 Å². The fourth-order valence-electron chi connectivity index (χ4n) is 3.60. The third kappa shape index (κ3) is 2.50. The SMILES string of the molecule is CC(C(=O)N1c2ccccc2CC1C)N1CCC(C(=O)O)C1. The Labute approximate surface area is 130 Å². The maximum atomic E-state index is 12.9. The van der Waals surface area contributed by atoms with E-state index in [0.717, 1.165) is 12.1 Å². The smallest absolute Gasteiger partial charge is 0.307 e. The molecule has 0 aliphatic carbocycles. The Kier molecular flexibility index (Phi) is 3.91. The number of anilines is 1. The molecule has 0 aromatic heterocycles. The van der Waals surface area contributed by atoms with Gasteiger partial charge in [0.2, 0.25) is 5.91 Å². The second-order valence-corrected chi connectivity index (χ2v) is 6.38. The highest BCUT2D eigenvalue weighted by molar-refractivity contribution is 5.99. The predicted octanol–water partition coefficient (Wildman–Crippen LogP) is 1.76. The van der Waals surface area contributed by atoms with Crippen molar-refractivity contribution in [3.63, 3.8) is 0 Å². The summed E-state index contributed by atoms with van der Waals surface area (Å²) in [6, 6.07) is 7.90. The van der Waals surface area contributed by atoms with Crippen molar-refractivity contribution in [1.82, 2.24) is 4.90 Å². The molecule has 2 heterocycles. The van der Waals surface area contributed by atoms with Gasteiger partial charge in [0.1, 0.15) is 0 Å². The van der Waals surface area contributed by atoms with Crippen LogP contribution in [0.25, 0.3) is 0 Å². The van der Waals surface area contributed by atoms with Crippen molar-refractivity contribution in [2.75, 3.05) is 18.0 Å². The number of nitrogens with zero attached hydrogens (tertiary/aromatic N) is 2. The minimum absolute atomic E-state index is 0.0727. The highest BCUT2D eigenvalue weighted by Crippen LogP contribution is 2.33. The Hall–Kier alpha value is -1.88. The topological polar surface area (TPSA) is 60.9 Å². The average molecular weight is 302 g/mol. The van der Waals surface area contributed by atoms with E-state index in [-0.39, 0.29) is 23.9 Å². The molecule has 1 fully saturated rings. The minimum atomic E-state index is -0.762. The number of carboxylic acid groups (broad SMARTS) is 1. The number of likely N-dealkylation sites (tertiary alicyclic amines) is 1. The first-order valence-corrected chi connectivity index (χ1v) is 7.87. The van der Waals surface area contributed by atoms with Crippen LogP contribution in [0.4, 0.5) is 5.69 Å². The van der Waals surface area contributed by atoms with Gasteiger partial charge in [-0.2, -0.15) is 0 Å². The maximum absolute atomic E-state index is 12.9. The van der Waals surface area contributed by atoms with Gasteiger partial charge in [-0.1, -0.05) is 18.2 Å². The summed E-state index contributed by atoms with van der Waals surface area (Å²) in [6.45, 7) is 5.09. The molecule has 22 heavy (non-hydrogen) atoms. The fourth-order valence-corrected chi connectivity index (χ4v) is 3.60. The molecule has 3 unspecified atom stereocenters. The number of benzene rings is 1. The van der Waals surface area contributed by atoms with Gasteiger partial charge in [-0.25, -0.2) is 0 Å². The standard InChI is InChI=1S/C17H22N2O3/c1-11-9-13-5-3-4-6-15(13)19(11)16(20)12(2)18-8-7-14(10-18)17(21)22/h3-6,11-12,14H,7-10H2,1-2H3,(H,21,22). The quantitative estimate of drug-likeness (QED) is 0.924. The van der Waals surface area contributed by atoms with Crippen LogP contribution < -0.4 is 4.90 Å². The number of fused-ring (bicyclic) bond motifs is 1. The number of hydrogen-bond acceptors (Lipinski definition) is 3. The summed E-state index contributed by atoms with van der Waals surface area (Å²) >= 11 is 0. The number of amides is 1. The Balaban J connectivity index is 1.75. The highest BCUT2D eigenvalue weighted by atomic mass is 16.4. The van der Waals surface area contributed by atoms with Crippen LogP contribution in [0.3, 0.4) is 0 Å². The van der Waals surface area contributed by atoms with E-state index in [1.54, 1.807) is 0 Å². The fraction of sp³-hybridized carbons (Fsp3) is 0.529. The summed E-state index contributed by atoms with van der Waals surface area (Å²) in [4.78, 5) is 27.9. The molecule has 1 N–H and O–H groups in total. The molecule has 3 rings (SSSR count). The number of para-hydroxylation sites is 1. The van der Waals surface area contributed by atoms with Crippen LogP contribution in [0.1, 0.15) is 25.8 Å². The Bertz CT molecular complexity index is 601. The van der Waals surface area contributed by atoms with Gasteiger partial charge in [-0.05, 0) is 44.9 Å². The van der Waals surface area contributed by atoms with E-state index in [1.807, 2.05) is 34.9 Å². The van der Waals surface area contributed by atoms with Crippen LogP contribution in [0.5, 0.6) is 0 Å². The van der Waals surface area contributed by atoms with Gasteiger partial charge in [0.15, 0.2) is 0 Å². The van der Waals surface area contributed by atoms with Crippen molar-refractivity contribution in [2.24, 2.45) is 5.92 Å². The van der Waals surface area contributed by atoms with Crippen molar-refractivity contribution in [3.8, 4) is 0 Å². The third-order valence-electron chi connectivity index (χ3n) is 4.92. The molecule has 2 aliphatic rings. The second kappa shape index (κ2) is 5.72. The number of carbonyl (C=O) groups is 2. The van der Waals surface area contributed by atoms with Crippen molar-refractivity contribution >= 4 is 17.6 Å². The van der Waals surface area contributed by atoms with E-state index in [1.165, 1.54) is 5.56 Å². The Morgan fingerprint density at radius 1 is 1.32 bits per heavy atom. The zero-order valence-electron chi connectivity index (χ0n) is 13.0. The lowest BCUT2D eigenvalue weighted by Gasteiger charge is -2.30. The van der Waals surface area contributed by atoms with Gasteiger partial charge in [-0.3, -0.25) is 14.5 Å². The van der Waals surface area contributed by atoms with Crippen molar-refractivity contribution < 1.29 is 14.7 Å². The number of carboxylic acids is 1. The molecule has 118 valence electrons. The van der Waals surface area contributed by atoms with E-state index in [4.69, 9.17) is 5.11 Å². The number of rotatable bonds is 3. The zero-order chi connectivity index (χ0) is 15.9. The molecule has 5 heteroatoms. The largest absolute Gasteiger partial charge is 0.481 e. The lowest BCUT2D eigenvalue weighted by molar-refractivity contribution is -0.141. The molecule has 1 saturated heterocycles. The summed E-state index contributed by atoms with van der Waals surface area (Å²) in [5, 5.41) is 9.11. The second-order valence-electron chi connectivity index (χ2n) is 6.38. The normalized spacial score (nSPS) is 26.0. The van der Waals surface area contributed by atoms with E-state index >= 15 is 0 Å². The van der Waals surface area contributed by atoms with Gasteiger partial charge in [0, 0.05) is 18.3 Å². The van der Waals surface area contributed by atoms with Gasteiger partial charge >= 0.3 is 5.97 Å². The van der Waals surface area contributed by atoms with Gasteiger partial charge < -0.3 is 10.0 Å². The third-order valence-corrected chi connectivity index (χ3v) is 4.92. The Morgan fingerprint density at radius 2 is 2.05 bits per heavy atom. The van der Waals surface area contributed by atoms with E-state index < -0.39 is 5.97 Å². The average Bonchev–Trinajstić information content (AvgIpc) is 3.09. The van der Waals surface area contributed by atoms with Crippen molar-refractivity contribution in [2.45, 2.75) is 38.8 Å². The highest BCUT2D eigenvalue weighted by Gasteiger charge is 2.38. The lowest BCUT2D eigenvalue weighted by atomic mass is 10.1. The van der Waals surface area contributed by atoms with E-state index in [2.05, 4.69) is 13.0 Å². The number of hydrogen-bond donors (Lipinski definition) is 1. The molecule has 0 saturated carbocycles. The molecule has 5 nitrogen and oxygen atoms in total. The van der Waals surface area contributed by atoms with Crippen molar-refractivity contribution in [3.05, 3.63) is 29.8 Å². The van der Waals surface area contributed by atoms with Gasteiger partial charge in [-0.15, -0.1) is 0 Å². The number of carbonyl (C=O) groups excluding carboxylic acids is 1. The molecule has 1 amide bonds. The van der Waals surface area contributed by atoms with Crippen LogP contribution in [0.2, 0.25) is 0 Å². The summed E-state index contributed by atoms with van der Waals surface area (Å²) in [6.07, 6.45) is 1.51. The first kappa shape index (κ1) is 15.0. The molecule has 0 spiro atoms. The number of aliphatic carboxylic acids is 1. The molecule has 1 aromatic rings. The van der Waals surface area contributed by atoms with Crippen LogP contribution >= 0.6 is 0 Å². The Morgan fingerprint density at radius 3 is 2.73 bits per heavy atom. The van der Waals surface area contributed by atoms with Crippen LogP contribution in [-0.2, 0) is 16.0 Å².